The summed E-state index contributed by atoms with van der Waals surface area (Å²) in [6.45, 7) is 4.96. The minimum atomic E-state index is 0.115. The molecule has 0 aliphatic carbocycles. The topological polar surface area (TPSA) is 29.5 Å². The third-order valence-electron chi connectivity index (χ3n) is 2.13. The van der Waals surface area contributed by atoms with Crippen molar-refractivity contribution in [1.29, 1.82) is 0 Å². The van der Waals surface area contributed by atoms with E-state index in [2.05, 4.69) is 18.8 Å². The Balaban J connectivity index is 2.72. The Morgan fingerprint density at radius 1 is 1.38 bits per heavy atom. The molecule has 86 valence electrons. The van der Waals surface area contributed by atoms with Crippen molar-refractivity contribution in [2.75, 3.05) is 13.2 Å². The first kappa shape index (κ1) is 12.6. The fourth-order valence-corrected chi connectivity index (χ4v) is 1.30. The highest BCUT2D eigenvalue weighted by atomic mass is 16.5. The normalized spacial score (nSPS) is 9.44. The van der Waals surface area contributed by atoms with Gasteiger partial charge in [-0.05, 0) is 37.1 Å². The van der Waals surface area contributed by atoms with Crippen LogP contribution in [0.25, 0.3) is 0 Å². The van der Waals surface area contributed by atoms with Crippen molar-refractivity contribution in [1.82, 2.24) is 0 Å². The van der Waals surface area contributed by atoms with Crippen molar-refractivity contribution in [3.8, 4) is 17.6 Å². The maximum absolute atomic E-state index is 8.63. The molecule has 0 unspecified atom stereocenters. The van der Waals surface area contributed by atoms with Crippen LogP contribution in [-0.2, 0) is 0 Å². The zero-order chi connectivity index (χ0) is 11.8. The highest BCUT2D eigenvalue weighted by Gasteiger charge is 1.98. The summed E-state index contributed by atoms with van der Waals surface area (Å²) in [6.07, 6.45) is 1.53. The van der Waals surface area contributed by atoms with Crippen molar-refractivity contribution < 1.29 is 9.84 Å². The van der Waals surface area contributed by atoms with Crippen LogP contribution in [0.1, 0.15) is 30.9 Å². The molecule has 0 radical (unpaired) electrons. The molecule has 1 N–H and O–H groups in total. The molecule has 0 amide bonds. The summed E-state index contributed by atoms with van der Waals surface area (Å²) in [5, 5.41) is 8.63. The van der Waals surface area contributed by atoms with E-state index in [1.807, 2.05) is 25.1 Å². The molecular weight excluding hydrogens is 200 g/mol. The average molecular weight is 218 g/mol. The Kier molecular flexibility index (Phi) is 5.45. The lowest BCUT2D eigenvalue weighted by Gasteiger charge is -2.06. The van der Waals surface area contributed by atoms with E-state index in [1.54, 1.807) is 0 Å². The molecule has 1 aromatic carbocycles. The van der Waals surface area contributed by atoms with Crippen LogP contribution in [0.5, 0.6) is 5.75 Å². The Labute approximate surface area is 97.3 Å². The molecule has 0 spiro atoms. The molecule has 2 nitrogen and oxygen atoms in total. The fraction of sp³-hybridized carbons (Fsp3) is 0.429. The van der Waals surface area contributed by atoms with E-state index in [1.165, 1.54) is 0 Å². The molecule has 0 saturated heterocycles. The summed E-state index contributed by atoms with van der Waals surface area (Å²) in [4.78, 5) is 0. The molecule has 0 aliphatic rings. The highest BCUT2D eigenvalue weighted by molar-refractivity contribution is 5.44. The Morgan fingerprint density at radius 2 is 2.19 bits per heavy atom. The number of hydrogen-bond donors (Lipinski definition) is 1. The molecule has 0 fully saturated rings. The van der Waals surface area contributed by atoms with Crippen molar-refractivity contribution in [3.63, 3.8) is 0 Å². The van der Waals surface area contributed by atoms with E-state index >= 15 is 0 Å². The smallest absolute Gasteiger partial charge is 0.119 e. The van der Waals surface area contributed by atoms with Gasteiger partial charge in [-0.25, -0.2) is 0 Å². The molecular formula is C14H18O2. The largest absolute Gasteiger partial charge is 0.494 e. The molecule has 16 heavy (non-hydrogen) atoms. The molecule has 0 atom stereocenters. The second kappa shape index (κ2) is 6.92. The van der Waals surface area contributed by atoms with Gasteiger partial charge in [0.2, 0.25) is 0 Å². The summed E-state index contributed by atoms with van der Waals surface area (Å²) in [5.41, 5.74) is 2.11. The maximum atomic E-state index is 8.63. The van der Waals surface area contributed by atoms with Crippen LogP contribution in [0.2, 0.25) is 0 Å². The van der Waals surface area contributed by atoms with E-state index < -0.39 is 0 Å². The van der Waals surface area contributed by atoms with Crippen molar-refractivity contribution in [2.24, 2.45) is 0 Å². The van der Waals surface area contributed by atoms with E-state index in [9.17, 15) is 0 Å². The second-order valence-corrected chi connectivity index (χ2v) is 3.60. The lowest BCUT2D eigenvalue weighted by molar-refractivity contribution is 0.305. The zero-order valence-electron chi connectivity index (χ0n) is 9.92. The Hall–Kier alpha value is -1.46. The lowest BCUT2D eigenvalue weighted by Crippen LogP contribution is -1.95. The highest BCUT2D eigenvalue weighted by Crippen LogP contribution is 2.16. The summed E-state index contributed by atoms with van der Waals surface area (Å²) < 4.78 is 5.53. The summed E-state index contributed by atoms with van der Waals surface area (Å²) in [6, 6.07) is 5.90. The van der Waals surface area contributed by atoms with Crippen LogP contribution in [0.4, 0.5) is 0 Å². The van der Waals surface area contributed by atoms with Gasteiger partial charge in [-0.2, -0.15) is 0 Å². The monoisotopic (exact) mass is 218 g/mol. The van der Waals surface area contributed by atoms with Crippen molar-refractivity contribution in [3.05, 3.63) is 29.3 Å². The quantitative estimate of drug-likeness (QED) is 0.787. The second-order valence-electron chi connectivity index (χ2n) is 3.60. The molecule has 1 rings (SSSR count). The number of aliphatic hydroxyl groups is 1. The Morgan fingerprint density at radius 3 is 2.81 bits per heavy atom. The van der Waals surface area contributed by atoms with Crippen LogP contribution in [-0.4, -0.2) is 18.3 Å². The average Bonchev–Trinajstić information content (AvgIpc) is 2.29. The molecule has 1 aromatic rings. The summed E-state index contributed by atoms with van der Waals surface area (Å²) in [7, 11) is 0. The lowest BCUT2D eigenvalue weighted by atomic mass is 10.1. The number of ether oxygens (including phenoxy) is 1. The van der Waals surface area contributed by atoms with Gasteiger partial charge in [0.1, 0.15) is 5.75 Å². The third-order valence-corrected chi connectivity index (χ3v) is 2.13. The third kappa shape index (κ3) is 3.96. The molecule has 0 heterocycles. The van der Waals surface area contributed by atoms with E-state index in [0.29, 0.717) is 6.42 Å². The summed E-state index contributed by atoms with van der Waals surface area (Å²) in [5.74, 6) is 6.84. The first-order valence-electron chi connectivity index (χ1n) is 5.61. The predicted octanol–water partition coefficient (Wildman–Crippen LogP) is 2.52. The van der Waals surface area contributed by atoms with Crippen LogP contribution >= 0.6 is 0 Å². The van der Waals surface area contributed by atoms with Gasteiger partial charge in [0.15, 0.2) is 0 Å². The predicted molar refractivity (Wildman–Crippen MR) is 65.5 cm³/mol. The van der Waals surface area contributed by atoms with Crippen LogP contribution in [0, 0.1) is 18.8 Å². The molecule has 0 bridgehead atoms. The number of aryl methyl sites for hydroxylation is 1. The summed E-state index contributed by atoms with van der Waals surface area (Å²) >= 11 is 0. The fourth-order valence-electron chi connectivity index (χ4n) is 1.30. The van der Waals surface area contributed by atoms with Gasteiger partial charge in [0.05, 0.1) is 13.2 Å². The van der Waals surface area contributed by atoms with Gasteiger partial charge < -0.3 is 9.84 Å². The number of aliphatic hydroxyl groups excluding tert-OH is 1. The molecule has 0 aliphatic heterocycles. The zero-order valence-corrected chi connectivity index (χ0v) is 9.92. The number of hydrogen-bond acceptors (Lipinski definition) is 2. The van der Waals surface area contributed by atoms with E-state index in [0.717, 1.165) is 29.9 Å². The minimum Gasteiger partial charge on any atom is -0.494 e. The molecule has 0 saturated carbocycles. The van der Waals surface area contributed by atoms with Crippen molar-refractivity contribution in [2.45, 2.75) is 26.7 Å². The van der Waals surface area contributed by atoms with Gasteiger partial charge in [-0.1, -0.05) is 18.8 Å². The standard InChI is InChI=1S/C14H18O2/c1-3-10-16-14-8-7-13(12(2)11-14)6-4-5-9-15/h7-8,11,15H,3,5,9-10H2,1-2H3. The molecule has 2 heteroatoms. The van der Waals surface area contributed by atoms with Gasteiger partial charge in [-0.15, -0.1) is 0 Å². The van der Waals surface area contributed by atoms with Crippen LogP contribution in [0.3, 0.4) is 0 Å². The number of rotatable bonds is 4. The van der Waals surface area contributed by atoms with Gasteiger partial charge in [0, 0.05) is 12.0 Å². The van der Waals surface area contributed by atoms with Gasteiger partial charge in [-0.3, -0.25) is 0 Å². The SMILES string of the molecule is CCCOc1ccc(C#CCCO)c(C)c1. The Bertz CT molecular complexity index is 385. The van der Waals surface area contributed by atoms with E-state index in [-0.39, 0.29) is 6.61 Å². The molecule has 0 aromatic heterocycles. The first-order chi connectivity index (χ1) is 7.77. The first-order valence-corrected chi connectivity index (χ1v) is 5.61. The van der Waals surface area contributed by atoms with Gasteiger partial charge in [0.25, 0.3) is 0 Å². The van der Waals surface area contributed by atoms with Crippen molar-refractivity contribution >= 4 is 0 Å². The maximum Gasteiger partial charge on any atom is 0.119 e. The number of benzene rings is 1. The van der Waals surface area contributed by atoms with Crippen LogP contribution < -0.4 is 4.74 Å². The van der Waals surface area contributed by atoms with Gasteiger partial charge >= 0.3 is 0 Å². The van der Waals surface area contributed by atoms with Crippen LogP contribution in [0.15, 0.2) is 18.2 Å². The minimum absolute atomic E-state index is 0.115. The van der Waals surface area contributed by atoms with E-state index in [4.69, 9.17) is 9.84 Å².